The quantitative estimate of drug-likeness (QED) is 0.474. The van der Waals surface area contributed by atoms with Crippen molar-refractivity contribution in [3.05, 3.63) is 77.6 Å². The van der Waals surface area contributed by atoms with Gasteiger partial charge < -0.3 is 20.7 Å². The molecular formula is C21H19N3O4. The first-order chi connectivity index (χ1) is 13.5. The van der Waals surface area contributed by atoms with E-state index in [1.54, 1.807) is 36.5 Å². The monoisotopic (exact) mass is 377 g/mol. The molecule has 2 aromatic carbocycles. The van der Waals surface area contributed by atoms with E-state index < -0.39 is 18.5 Å². The molecule has 0 aliphatic carbocycles. The van der Waals surface area contributed by atoms with Crippen molar-refractivity contribution < 1.29 is 19.5 Å². The average molecular weight is 377 g/mol. The number of hydrogen-bond donors (Lipinski definition) is 4. The van der Waals surface area contributed by atoms with Gasteiger partial charge in [0.05, 0.1) is 6.42 Å². The molecule has 1 heterocycles. The lowest BCUT2D eigenvalue weighted by molar-refractivity contribution is -0.135. The number of carbonyl (C=O) groups excluding carboxylic acids is 2. The molecule has 0 atom stereocenters. The van der Waals surface area contributed by atoms with Crippen molar-refractivity contribution in [3.8, 4) is 0 Å². The lowest BCUT2D eigenvalue weighted by Gasteiger charge is -2.10. The van der Waals surface area contributed by atoms with Crippen LogP contribution in [0.15, 0.2) is 66.5 Å². The molecule has 0 aliphatic heterocycles. The SMILES string of the molecule is O=C(O)CNC(=O)N/C(=C/c1c[nH]c2ccccc12)CC(=O)c1ccccc1. The van der Waals surface area contributed by atoms with Crippen molar-refractivity contribution in [1.29, 1.82) is 0 Å². The third-order valence-electron chi connectivity index (χ3n) is 4.07. The summed E-state index contributed by atoms with van der Waals surface area (Å²) in [4.78, 5) is 38.4. The number of aliphatic carboxylic acids is 1. The van der Waals surface area contributed by atoms with Crippen molar-refractivity contribution in [1.82, 2.24) is 15.6 Å². The van der Waals surface area contributed by atoms with E-state index in [1.807, 2.05) is 30.3 Å². The van der Waals surface area contributed by atoms with Crippen LogP contribution >= 0.6 is 0 Å². The highest BCUT2D eigenvalue weighted by Crippen LogP contribution is 2.21. The Kier molecular flexibility index (Phi) is 5.86. The van der Waals surface area contributed by atoms with Crippen molar-refractivity contribution in [2.24, 2.45) is 0 Å². The first-order valence-electron chi connectivity index (χ1n) is 8.64. The summed E-state index contributed by atoms with van der Waals surface area (Å²) in [6.45, 7) is -0.515. The number of H-pyrrole nitrogens is 1. The van der Waals surface area contributed by atoms with E-state index in [0.29, 0.717) is 11.3 Å². The van der Waals surface area contributed by atoms with Crippen LogP contribution in [-0.4, -0.2) is 34.4 Å². The molecular weight excluding hydrogens is 358 g/mol. The number of benzene rings is 2. The van der Waals surface area contributed by atoms with Crippen LogP contribution in [0.3, 0.4) is 0 Å². The number of aromatic nitrogens is 1. The first kappa shape index (κ1) is 18.9. The van der Waals surface area contributed by atoms with E-state index in [9.17, 15) is 14.4 Å². The van der Waals surface area contributed by atoms with Gasteiger partial charge in [-0.3, -0.25) is 9.59 Å². The third-order valence-corrected chi connectivity index (χ3v) is 4.07. The number of carboxylic acid groups (broad SMARTS) is 1. The highest BCUT2D eigenvalue weighted by atomic mass is 16.4. The van der Waals surface area contributed by atoms with Crippen molar-refractivity contribution in [2.75, 3.05) is 6.54 Å². The highest BCUT2D eigenvalue weighted by Gasteiger charge is 2.13. The van der Waals surface area contributed by atoms with Crippen molar-refractivity contribution in [3.63, 3.8) is 0 Å². The third kappa shape index (κ3) is 4.85. The van der Waals surface area contributed by atoms with Crippen LogP contribution < -0.4 is 10.6 Å². The van der Waals surface area contributed by atoms with E-state index in [2.05, 4.69) is 15.6 Å². The number of Topliss-reactive ketones (excluding diaryl/α,β-unsaturated/α-hetero) is 1. The maximum atomic E-state index is 12.6. The zero-order valence-corrected chi connectivity index (χ0v) is 14.9. The predicted molar refractivity (Wildman–Crippen MR) is 106 cm³/mol. The second-order valence-electron chi connectivity index (χ2n) is 6.13. The summed E-state index contributed by atoms with van der Waals surface area (Å²) in [5.41, 5.74) is 2.63. The molecule has 0 radical (unpaired) electrons. The van der Waals surface area contributed by atoms with E-state index in [-0.39, 0.29) is 12.2 Å². The number of allylic oxidation sites excluding steroid dienone is 1. The minimum absolute atomic E-state index is 0.0377. The van der Waals surface area contributed by atoms with E-state index in [0.717, 1.165) is 16.5 Å². The minimum atomic E-state index is -1.15. The van der Waals surface area contributed by atoms with Crippen molar-refractivity contribution >= 4 is 34.8 Å². The molecule has 28 heavy (non-hydrogen) atoms. The fourth-order valence-corrected chi connectivity index (χ4v) is 2.78. The Morgan fingerprint density at radius 2 is 1.71 bits per heavy atom. The number of urea groups is 1. The van der Waals surface area contributed by atoms with Gasteiger partial charge in [0.1, 0.15) is 6.54 Å². The Labute approximate surface area is 161 Å². The lowest BCUT2D eigenvalue weighted by Crippen LogP contribution is -2.38. The van der Waals surface area contributed by atoms with Gasteiger partial charge in [0.15, 0.2) is 5.78 Å². The van der Waals surface area contributed by atoms with E-state index >= 15 is 0 Å². The lowest BCUT2D eigenvalue weighted by atomic mass is 10.0. The molecule has 0 spiro atoms. The molecule has 0 saturated carbocycles. The highest BCUT2D eigenvalue weighted by molar-refractivity contribution is 5.99. The summed E-state index contributed by atoms with van der Waals surface area (Å²) < 4.78 is 0. The summed E-state index contributed by atoms with van der Waals surface area (Å²) in [6, 6.07) is 15.7. The van der Waals surface area contributed by atoms with Gasteiger partial charge in [-0.1, -0.05) is 48.5 Å². The smallest absolute Gasteiger partial charge is 0.323 e. The second-order valence-corrected chi connectivity index (χ2v) is 6.13. The number of hydrogen-bond acceptors (Lipinski definition) is 3. The number of fused-ring (bicyclic) bond motifs is 1. The number of para-hydroxylation sites is 1. The maximum absolute atomic E-state index is 12.6. The number of rotatable bonds is 7. The standard InChI is InChI=1S/C21H19N3O4/c25-19(14-6-2-1-3-7-14)11-16(24-21(28)23-13-20(26)27)10-15-12-22-18-9-5-4-8-17(15)18/h1-10,12,22H,11,13H2,(H,26,27)(H2,23,24,28)/b16-10+. The van der Waals surface area contributed by atoms with Gasteiger partial charge in [-0.25, -0.2) is 4.79 Å². The number of nitrogens with one attached hydrogen (secondary N) is 3. The van der Waals surface area contributed by atoms with Crippen LogP contribution in [-0.2, 0) is 4.79 Å². The normalized spacial score (nSPS) is 11.2. The maximum Gasteiger partial charge on any atom is 0.323 e. The molecule has 1 aromatic heterocycles. The number of amides is 2. The molecule has 2 amide bonds. The van der Waals surface area contributed by atoms with Crippen LogP contribution in [0.5, 0.6) is 0 Å². The zero-order chi connectivity index (χ0) is 19.9. The van der Waals surface area contributed by atoms with Crippen LogP contribution in [0, 0.1) is 0 Å². The summed E-state index contributed by atoms with van der Waals surface area (Å²) in [5.74, 6) is -1.32. The van der Waals surface area contributed by atoms with Crippen LogP contribution in [0.25, 0.3) is 17.0 Å². The van der Waals surface area contributed by atoms with E-state index in [4.69, 9.17) is 5.11 Å². The van der Waals surface area contributed by atoms with Gasteiger partial charge in [-0.15, -0.1) is 0 Å². The second kappa shape index (κ2) is 8.68. The van der Waals surface area contributed by atoms with Gasteiger partial charge in [-0.05, 0) is 12.1 Å². The van der Waals surface area contributed by atoms with Gasteiger partial charge in [0.2, 0.25) is 0 Å². The molecule has 0 unspecified atom stereocenters. The summed E-state index contributed by atoms with van der Waals surface area (Å²) in [5, 5.41) is 14.5. The molecule has 0 bridgehead atoms. The molecule has 7 nitrogen and oxygen atoms in total. The molecule has 3 aromatic rings. The molecule has 4 N–H and O–H groups in total. The molecule has 142 valence electrons. The summed E-state index contributed by atoms with van der Waals surface area (Å²) in [7, 11) is 0. The predicted octanol–water partition coefficient (Wildman–Crippen LogP) is 3.17. The molecule has 0 saturated heterocycles. The Bertz CT molecular complexity index is 1040. The Morgan fingerprint density at radius 3 is 2.46 bits per heavy atom. The van der Waals surface area contributed by atoms with E-state index in [1.165, 1.54) is 0 Å². The van der Waals surface area contributed by atoms with Gasteiger partial charge >= 0.3 is 12.0 Å². The zero-order valence-electron chi connectivity index (χ0n) is 14.9. The summed E-state index contributed by atoms with van der Waals surface area (Å²) in [6.07, 6.45) is 3.46. The number of ketones is 1. The molecule has 0 fully saturated rings. The fraction of sp³-hybridized carbons (Fsp3) is 0.0952. The topological polar surface area (TPSA) is 111 Å². The van der Waals surface area contributed by atoms with Crippen LogP contribution in [0.4, 0.5) is 4.79 Å². The molecule has 0 aliphatic rings. The number of carboxylic acids is 1. The number of carbonyl (C=O) groups is 3. The van der Waals surface area contributed by atoms with Gasteiger partial charge in [0.25, 0.3) is 0 Å². The largest absolute Gasteiger partial charge is 0.480 e. The van der Waals surface area contributed by atoms with Crippen LogP contribution in [0.2, 0.25) is 0 Å². The molecule has 7 heteroatoms. The first-order valence-corrected chi connectivity index (χ1v) is 8.64. The Morgan fingerprint density at radius 1 is 1.00 bits per heavy atom. The van der Waals surface area contributed by atoms with Gasteiger partial charge in [0, 0.05) is 33.9 Å². The molecule has 3 rings (SSSR count). The Balaban J connectivity index is 1.86. The fourth-order valence-electron chi connectivity index (χ4n) is 2.78. The number of aromatic amines is 1. The summed E-state index contributed by atoms with van der Waals surface area (Å²) >= 11 is 0. The van der Waals surface area contributed by atoms with Crippen LogP contribution in [0.1, 0.15) is 22.3 Å². The van der Waals surface area contributed by atoms with Crippen molar-refractivity contribution in [2.45, 2.75) is 6.42 Å². The van der Waals surface area contributed by atoms with Gasteiger partial charge in [-0.2, -0.15) is 0 Å². The average Bonchev–Trinajstić information content (AvgIpc) is 3.10. The minimum Gasteiger partial charge on any atom is -0.480 e. The Hall–Kier alpha value is -3.87.